The first-order valence-electron chi connectivity index (χ1n) is 7.61. The number of furan rings is 1. The van der Waals surface area contributed by atoms with Gasteiger partial charge in [-0.15, -0.1) is 0 Å². The first-order chi connectivity index (χ1) is 9.30. The highest BCUT2D eigenvalue weighted by Crippen LogP contribution is 2.35. The predicted octanol–water partition coefficient (Wildman–Crippen LogP) is 3.54. The third kappa shape index (κ3) is 3.61. The fourth-order valence-corrected chi connectivity index (χ4v) is 3.24. The lowest BCUT2D eigenvalue weighted by Crippen LogP contribution is -2.54. The van der Waals surface area contributed by atoms with Crippen molar-refractivity contribution >= 4 is 0 Å². The van der Waals surface area contributed by atoms with E-state index >= 15 is 0 Å². The Hall–Kier alpha value is -0.800. The SMILES string of the molecule is CCCNC(Cc1ccco1)C1(OC)CCCCC1. The van der Waals surface area contributed by atoms with Gasteiger partial charge in [0.25, 0.3) is 0 Å². The lowest BCUT2D eigenvalue weighted by molar-refractivity contribution is -0.0681. The molecule has 1 heterocycles. The van der Waals surface area contributed by atoms with Crippen LogP contribution in [0.1, 0.15) is 51.2 Å². The molecular weight excluding hydrogens is 238 g/mol. The quantitative estimate of drug-likeness (QED) is 0.819. The summed E-state index contributed by atoms with van der Waals surface area (Å²) < 4.78 is 11.5. The molecule has 0 saturated heterocycles. The molecule has 108 valence electrons. The van der Waals surface area contributed by atoms with Crippen LogP contribution in [-0.2, 0) is 11.2 Å². The van der Waals surface area contributed by atoms with E-state index in [2.05, 4.69) is 18.3 Å². The predicted molar refractivity (Wildman–Crippen MR) is 77.3 cm³/mol. The molecule has 1 atom stereocenters. The van der Waals surface area contributed by atoms with Crippen LogP contribution in [0.15, 0.2) is 22.8 Å². The van der Waals surface area contributed by atoms with Crippen molar-refractivity contribution in [3.8, 4) is 0 Å². The van der Waals surface area contributed by atoms with Crippen LogP contribution < -0.4 is 5.32 Å². The number of hydrogen-bond donors (Lipinski definition) is 1. The largest absolute Gasteiger partial charge is 0.469 e. The molecule has 0 amide bonds. The average molecular weight is 265 g/mol. The Labute approximate surface area is 116 Å². The second-order valence-corrected chi connectivity index (χ2v) is 5.62. The molecule has 0 bridgehead atoms. The van der Waals surface area contributed by atoms with E-state index in [1.165, 1.54) is 19.3 Å². The van der Waals surface area contributed by atoms with Crippen LogP contribution in [0.3, 0.4) is 0 Å². The molecule has 1 unspecified atom stereocenters. The number of methoxy groups -OCH3 is 1. The summed E-state index contributed by atoms with van der Waals surface area (Å²) in [4.78, 5) is 0. The summed E-state index contributed by atoms with van der Waals surface area (Å²) >= 11 is 0. The molecule has 0 aliphatic heterocycles. The highest BCUT2D eigenvalue weighted by molar-refractivity contribution is 5.06. The van der Waals surface area contributed by atoms with Crippen LogP contribution in [0.25, 0.3) is 0 Å². The molecule has 1 fully saturated rings. The van der Waals surface area contributed by atoms with Gasteiger partial charge in [0.15, 0.2) is 0 Å². The van der Waals surface area contributed by atoms with E-state index < -0.39 is 0 Å². The lowest BCUT2D eigenvalue weighted by Gasteiger charge is -2.42. The van der Waals surface area contributed by atoms with Crippen molar-refractivity contribution in [2.24, 2.45) is 0 Å². The van der Waals surface area contributed by atoms with E-state index in [1.807, 2.05) is 13.2 Å². The number of ether oxygens (including phenoxy) is 1. The standard InChI is InChI=1S/C16H27NO2/c1-3-11-17-15(13-14-8-7-12-19-14)16(18-2)9-5-4-6-10-16/h7-8,12,15,17H,3-6,9-11,13H2,1-2H3. The van der Waals surface area contributed by atoms with Crippen molar-refractivity contribution in [2.75, 3.05) is 13.7 Å². The summed E-state index contributed by atoms with van der Waals surface area (Å²) in [6, 6.07) is 4.38. The topological polar surface area (TPSA) is 34.4 Å². The molecule has 1 N–H and O–H groups in total. The Morgan fingerprint density at radius 2 is 2.16 bits per heavy atom. The molecule has 3 nitrogen and oxygen atoms in total. The van der Waals surface area contributed by atoms with Gasteiger partial charge >= 0.3 is 0 Å². The van der Waals surface area contributed by atoms with Crippen LogP contribution in [0.5, 0.6) is 0 Å². The monoisotopic (exact) mass is 265 g/mol. The van der Waals surface area contributed by atoms with E-state index in [4.69, 9.17) is 9.15 Å². The fourth-order valence-electron chi connectivity index (χ4n) is 3.24. The molecule has 19 heavy (non-hydrogen) atoms. The minimum atomic E-state index is -0.0137. The molecule has 1 aliphatic rings. The summed E-state index contributed by atoms with van der Waals surface area (Å²) in [5.74, 6) is 1.05. The van der Waals surface area contributed by atoms with Crippen LogP contribution >= 0.6 is 0 Å². The molecule has 0 spiro atoms. The molecule has 1 aliphatic carbocycles. The van der Waals surface area contributed by atoms with E-state index in [-0.39, 0.29) is 5.60 Å². The molecule has 3 heteroatoms. The van der Waals surface area contributed by atoms with Crippen molar-refractivity contribution in [1.29, 1.82) is 0 Å². The van der Waals surface area contributed by atoms with E-state index in [0.29, 0.717) is 6.04 Å². The van der Waals surface area contributed by atoms with Crippen molar-refractivity contribution in [1.82, 2.24) is 5.32 Å². The van der Waals surface area contributed by atoms with Crippen LogP contribution in [0, 0.1) is 0 Å². The molecular formula is C16H27NO2. The van der Waals surface area contributed by atoms with Crippen molar-refractivity contribution in [3.63, 3.8) is 0 Å². The number of nitrogens with one attached hydrogen (secondary N) is 1. The van der Waals surface area contributed by atoms with Gasteiger partial charge in [-0.1, -0.05) is 26.2 Å². The average Bonchev–Trinajstić information content (AvgIpc) is 2.97. The lowest BCUT2D eigenvalue weighted by atomic mass is 9.77. The van der Waals surface area contributed by atoms with Crippen LogP contribution in [0.2, 0.25) is 0 Å². The van der Waals surface area contributed by atoms with Crippen LogP contribution in [-0.4, -0.2) is 25.3 Å². The summed E-state index contributed by atoms with van der Waals surface area (Å²) in [6.07, 6.45) is 10.0. The fraction of sp³-hybridized carbons (Fsp3) is 0.750. The maximum absolute atomic E-state index is 5.98. The zero-order valence-corrected chi connectivity index (χ0v) is 12.3. The Bertz CT molecular complexity index is 342. The highest BCUT2D eigenvalue weighted by atomic mass is 16.5. The molecule has 0 aromatic carbocycles. The Morgan fingerprint density at radius 1 is 1.37 bits per heavy atom. The van der Waals surface area contributed by atoms with Gasteiger partial charge in [0.1, 0.15) is 5.76 Å². The van der Waals surface area contributed by atoms with Gasteiger partial charge in [0.05, 0.1) is 11.9 Å². The van der Waals surface area contributed by atoms with Gasteiger partial charge in [0, 0.05) is 19.6 Å². The van der Waals surface area contributed by atoms with Gasteiger partial charge < -0.3 is 14.5 Å². The Morgan fingerprint density at radius 3 is 2.74 bits per heavy atom. The molecule has 0 radical (unpaired) electrons. The normalized spacial score (nSPS) is 20.3. The molecule has 2 rings (SSSR count). The highest BCUT2D eigenvalue weighted by Gasteiger charge is 2.40. The second-order valence-electron chi connectivity index (χ2n) is 5.62. The maximum Gasteiger partial charge on any atom is 0.105 e. The first kappa shape index (κ1) is 14.6. The van der Waals surface area contributed by atoms with Crippen molar-refractivity contribution in [3.05, 3.63) is 24.2 Å². The number of rotatable bonds is 7. The second kappa shape index (κ2) is 7.11. The van der Waals surface area contributed by atoms with E-state index in [0.717, 1.165) is 38.0 Å². The Balaban J connectivity index is 2.09. The van der Waals surface area contributed by atoms with Crippen LogP contribution in [0.4, 0.5) is 0 Å². The number of hydrogen-bond acceptors (Lipinski definition) is 3. The van der Waals surface area contributed by atoms with Gasteiger partial charge in [-0.25, -0.2) is 0 Å². The zero-order chi connectivity index (χ0) is 13.6. The maximum atomic E-state index is 5.98. The van der Waals surface area contributed by atoms with Gasteiger partial charge in [-0.3, -0.25) is 0 Å². The van der Waals surface area contributed by atoms with E-state index in [1.54, 1.807) is 6.26 Å². The van der Waals surface area contributed by atoms with E-state index in [9.17, 15) is 0 Å². The Kier molecular flexibility index (Phi) is 5.46. The zero-order valence-electron chi connectivity index (χ0n) is 12.3. The molecule has 1 aromatic rings. The van der Waals surface area contributed by atoms with Gasteiger partial charge in [0.2, 0.25) is 0 Å². The third-order valence-corrected chi connectivity index (χ3v) is 4.37. The minimum Gasteiger partial charge on any atom is -0.469 e. The smallest absolute Gasteiger partial charge is 0.105 e. The van der Waals surface area contributed by atoms with Crippen molar-refractivity contribution < 1.29 is 9.15 Å². The molecule has 1 aromatic heterocycles. The first-order valence-corrected chi connectivity index (χ1v) is 7.61. The van der Waals surface area contributed by atoms with Gasteiger partial charge in [-0.2, -0.15) is 0 Å². The summed E-state index contributed by atoms with van der Waals surface area (Å²) in [5.41, 5.74) is -0.0137. The summed E-state index contributed by atoms with van der Waals surface area (Å²) in [6.45, 7) is 3.24. The third-order valence-electron chi connectivity index (χ3n) is 4.37. The van der Waals surface area contributed by atoms with Crippen molar-refractivity contribution in [2.45, 2.75) is 63.5 Å². The summed E-state index contributed by atoms with van der Waals surface area (Å²) in [7, 11) is 1.87. The van der Waals surface area contributed by atoms with Gasteiger partial charge in [-0.05, 0) is 37.9 Å². The molecule has 1 saturated carbocycles. The minimum absolute atomic E-state index is 0.0137. The summed E-state index contributed by atoms with van der Waals surface area (Å²) in [5, 5.41) is 3.68.